The Morgan fingerprint density at radius 2 is 2.21 bits per heavy atom. The van der Waals surface area contributed by atoms with E-state index in [2.05, 4.69) is 12.2 Å². The van der Waals surface area contributed by atoms with E-state index in [1.54, 1.807) is 7.11 Å². The third-order valence-corrected chi connectivity index (χ3v) is 3.38. The third-order valence-electron chi connectivity index (χ3n) is 3.38. The largest absolute Gasteiger partial charge is 0.469 e. The maximum absolute atomic E-state index is 11.7. The molecule has 0 aromatic carbocycles. The molecule has 14 heavy (non-hydrogen) atoms. The number of ether oxygens (including phenoxy) is 2. The van der Waals surface area contributed by atoms with E-state index in [0.717, 1.165) is 6.54 Å². The van der Waals surface area contributed by atoms with Crippen LogP contribution in [0.3, 0.4) is 0 Å². The molecule has 0 aromatic rings. The van der Waals surface area contributed by atoms with E-state index >= 15 is 0 Å². The Morgan fingerprint density at radius 3 is 2.71 bits per heavy atom. The minimum Gasteiger partial charge on any atom is -0.469 e. The second-order valence-electron chi connectivity index (χ2n) is 4.09. The number of methoxy groups -OCH3 is 2. The fourth-order valence-corrected chi connectivity index (χ4v) is 2.05. The van der Waals surface area contributed by atoms with Crippen LogP contribution < -0.4 is 5.32 Å². The number of esters is 1. The summed E-state index contributed by atoms with van der Waals surface area (Å²) in [7, 11) is 3.07. The summed E-state index contributed by atoms with van der Waals surface area (Å²) >= 11 is 0. The standard InChI is InChI=1S/C10H19NO3/c1-7-5-11-8(6-13-3)10(7,2)9(12)14-4/h7-8,11H,5-6H2,1-4H3/t7-,8+,10+/m1/s1. The molecule has 0 aromatic heterocycles. The van der Waals surface area contributed by atoms with Gasteiger partial charge in [0.15, 0.2) is 0 Å². The normalized spacial score (nSPS) is 37.1. The Labute approximate surface area is 85.0 Å². The minimum absolute atomic E-state index is 0.0509. The molecular weight excluding hydrogens is 182 g/mol. The molecule has 3 atom stereocenters. The molecule has 0 radical (unpaired) electrons. The van der Waals surface area contributed by atoms with Gasteiger partial charge >= 0.3 is 5.97 Å². The molecule has 1 saturated heterocycles. The van der Waals surface area contributed by atoms with Crippen LogP contribution in [0.5, 0.6) is 0 Å². The summed E-state index contributed by atoms with van der Waals surface area (Å²) in [5.41, 5.74) is -0.468. The zero-order valence-corrected chi connectivity index (χ0v) is 9.29. The van der Waals surface area contributed by atoms with Crippen LogP contribution in [0.25, 0.3) is 0 Å². The summed E-state index contributed by atoms with van der Waals surface area (Å²) in [6.07, 6.45) is 0. The zero-order chi connectivity index (χ0) is 10.8. The van der Waals surface area contributed by atoms with Crippen LogP contribution in [0.4, 0.5) is 0 Å². The van der Waals surface area contributed by atoms with Crippen molar-refractivity contribution >= 4 is 5.97 Å². The van der Waals surface area contributed by atoms with Gasteiger partial charge in [-0.15, -0.1) is 0 Å². The van der Waals surface area contributed by atoms with E-state index in [0.29, 0.717) is 6.61 Å². The molecule has 0 amide bonds. The molecular formula is C10H19NO3. The van der Waals surface area contributed by atoms with E-state index in [-0.39, 0.29) is 17.9 Å². The monoisotopic (exact) mass is 201 g/mol. The van der Waals surface area contributed by atoms with Crippen LogP contribution in [0.2, 0.25) is 0 Å². The van der Waals surface area contributed by atoms with Gasteiger partial charge in [0.2, 0.25) is 0 Å². The van der Waals surface area contributed by atoms with Gasteiger partial charge in [0.05, 0.1) is 19.1 Å². The Bertz CT molecular complexity index is 217. The van der Waals surface area contributed by atoms with Gasteiger partial charge in [0, 0.05) is 13.2 Å². The Balaban J connectivity index is 2.83. The fourth-order valence-electron chi connectivity index (χ4n) is 2.05. The highest BCUT2D eigenvalue weighted by Gasteiger charge is 2.50. The Hall–Kier alpha value is -0.610. The van der Waals surface area contributed by atoms with Crippen LogP contribution >= 0.6 is 0 Å². The second kappa shape index (κ2) is 4.28. The third kappa shape index (κ3) is 1.64. The highest BCUT2D eigenvalue weighted by atomic mass is 16.5. The number of carbonyl (C=O) groups is 1. The zero-order valence-electron chi connectivity index (χ0n) is 9.29. The van der Waals surface area contributed by atoms with Crippen molar-refractivity contribution in [1.29, 1.82) is 0 Å². The van der Waals surface area contributed by atoms with Gasteiger partial charge in [-0.05, 0) is 19.4 Å². The average Bonchev–Trinajstić information content (AvgIpc) is 2.46. The number of rotatable bonds is 3. The van der Waals surface area contributed by atoms with Gasteiger partial charge in [-0.3, -0.25) is 4.79 Å². The molecule has 1 N–H and O–H groups in total. The molecule has 0 spiro atoms. The van der Waals surface area contributed by atoms with Crippen molar-refractivity contribution < 1.29 is 14.3 Å². The number of nitrogens with one attached hydrogen (secondary N) is 1. The molecule has 1 rings (SSSR count). The van der Waals surface area contributed by atoms with E-state index in [4.69, 9.17) is 9.47 Å². The second-order valence-corrected chi connectivity index (χ2v) is 4.09. The molecule has 0 saturated carbocycles. The van der Waals surface area contributed by atoms with E-state index < -0.39 is 5.41 Å². The van der Waals surface area contributed by atoms with Crippen molar-refractivity contribution in [1.82, 2.24) is 5.32 Å². The fraction of sp³-hybridized carbons (Fsp3) is 0.900. The minimum atomic E-state index is -0.468. The molecule has 0 aliphatic carbocycles. The lowest BCUT2D eigenvalue weighted by atomic mass is 9.76. The van der Waals surface area contributed by atoms with Gasteiger partial charge in [0.1, 0.15) is 0 Å². The summed E-state index contributed by atoms with van der Waals surface area (Å²) < 4.78 is 9.94. The molecule has 0 bridgehead atoms. The van der Waals surface area contributed by atoms with Gasteiger partial charge in [-0.1, -0.05) is 6.92 Å². The molecule has 4 nitrogen and oxygen atoms in total. The van der Waals surface area contributed by atoms with E-state index in [1.165, 1.54) is 7.11 Å². The molecule has 0 unspecified atom stereocenters. The summed E-state index contributed by atoms with van der Waals surface area (Å²) in [4.78, 5) is 11.7. The van der Waals surface area contributed by atoms with Crippen LogP contribution in [0.15, 0.2) is 0 Å². The van der Waals surface area contributed by atoms with E-state index in [1.807, 2.05) is 6.92 Å². The van der Waals surface area contributed by atoms with Gasteiger partial charge in [0.25, 0.3) is 0 Å². The first kappa shape index (κ1) is 11.5. The van der Waals surface area contributed by atoms with E-state index in [9.17, 15) is 4.79 Å². The number of carbonyl (C=O) groups excluding carboxylic acids is 1. The van der Waals surface area contributed by atoms with Gasteiger partial charge < -0.3 is 14.8 Å². The van der Waals surface area contributed by atoms with Gasteiger partial charge in [-0.25, -0.2) is 0 Å². The molecule has 4 heteroatoms. The Morgan fingerprint density at radius 1 is 1.57 bits per heavy atom. The molecule has 1 fully saturated rings. The lowest BCUT2D eigenvalue weighted by Gasteiger charge is -2.31. The molecule has 1 heterocycles. The average molecular weight is 201 g/mol. The van der Waals surface area contributed by atoms with Crippen molar-refractivity contribution in [3.63, 3.8) is 0 Å². The quantitative estimate of drug-likeness (QED) is 0.672. The smallest absolute Gasteiger partial charge is 0.313 e. The first-order valence-corrected chi connectivity index (χ1v) is 4.88. The van der Waals surface area contributed by atoms with Crippen molar-refractivity contribution in [3.8, 4) is 0 Å². The first-order valence-electron chi connectivity index (χ1n) is 4.88. The summed E-state index contributed by atoms with van der Waals surface area (Å²) in [5, 5.41) is 3.29. The maximum Gasteiger partial charge on any atom is 0.313 e. The summed E-state index contributed by atoms with van der Waals surface area (Å²) in [6.45, 7) is 5.36. The SMILES string of the molecule is COC[C@@H]1NC[C@@H](C)[C@]1(C)C(=O)OC. The first-order chi connectivity index (χ1) is 6.57. The number of hydrogen-bond donors (Lipinski definition) is 1. The van der Waals surface area contributed by atoms with Gasteiger partial charge in [-0.2, -0.15) is 0 Å². The van der Waals surface area contributed by atoms with Crippen LogP contribution in [0.1, 0.15) is 13.8 Å². The molecule has 1 aliphatic heterocycles. The van der Waals surface area contributed by atoms with Crippen LogP contribution in [-0.4, -0.2) is 39.4 Å². The summed E-state index contributed by atoms with van der Waals surface area (Å²) in [5.74, 6) is 0.118. The van der Waals surface area contributed by atoms with Crippen LogP contribution in [0, 0.1) is 11.3 Å². The lowest BCUT2D eigenvalue weighted by Crippen LogP contribution is -2.46. The maximum atomic E-state index is 11.7. The summed E-state index contributed by atoms with van der Waals surface area (Å²) in [6, 6.07) is 0.0509. The predicted molar refractivity (Wildman–Crippen MR) is 53.0 cm³/mol. The predicted octanol–water partition coefficient (Wildman–Crippen LogP) is 0.420. The van der Waals surface area contributed by atoms with Crippen molar-refractivity contribution in [3.05, 3.63) is 0 Å². The Kier molecular flexibility index (Phi) is 3.50. The number of hydrogen-bond acceptors (Lipinski definition) is 4. The van der Waals surface area contributed by atoms with Crippen molar-refractivity contribution in [2.45, 2.75) is 19.9 Å². The molecule has 82 valence electrons. The van der Waals surface area contributed by atoms with Crippen LogP contribution in [-0.2, 0) is 14.3 Å². The lowest BCUT2D eigenvalue weighted by molar-refractivity contribution is -0.155. The highest BCUT2D eigenvalue weighted by Crippen LogP contribution is 2.37. The van der Waals surface area contributed by atoms with Crippen molar-refractivity contribution in [2.24, 2.45) is 11.3 Å². The van der Waals surface area contributed by atoms with Crippen molar-refractivity contribution in [2.75, 3.05) is 27.4 Å². The topological polar surface area (TPSA) is 47.6 Å². The highest BCUT2D eigenvalue weighted by molar-refractivity contribution is 5.78. The molecule has 1 aliphatic rings.